The van der Waals surface area contributed by atoms with E-state index in [1.54, 1.807) is 18.9 Å². The van der Waals surface area contributed by atoms with Crippen molar-refractivity contribution in [1.82, 2.24) is 4.90 Å². The van der Waals surface area contributed by atoms with Crippen molar-refractivity contribution in [2.24, 2.45) is 0 Å². The molecule has 2 aliphatic rings. The van der Waals surface area contributed by atoms with Gasteiger partial charge in [0.05, 0.1) is 18.4 Å². The Morgan fingerprint density at radius 2 is 1.88 bits per heavy atom. The third-order valence-electron chi connectivity index (χ3n) is 5.46. The number of amides is 1. The van der Waals surface area contributed by atoms with Crippen molar-refractivity contribution in [3.63, 3.8) is 0 Å². The number of ether oxygens (including phenoxy) is 1. The summed E-state index contributed by atoms with van der Waals surface area (Å²) in [5, 5.41) is 0.0197. The molecule has 26 heavy (non-hydrogen) atoms. The summed E-state index contributed by atoms with van der Waals surface area (Å²) < 4.78 is 5.29. The Hall–Kier alpha value is -1.94. The van der Waals surface area contributed by atoms with Crippen molar-refractivity contribution < 1.29 is 9.53 Å². The van der Waals surface area contributed by atoms with Gasteiger partial charge in [-0.1, -0.05) is 43.2 Å². The van der Waals surface area contributed by atoms with Crippen LogP contribution in [0.15, 0.2) is 53.4 Å². The van der Waals surface area contributed by atoms with E-state index in [9.17, 15) is 4.79 Å². The predicted octanol–water partition coefficient (Wildman–Crippen LogP) is 4.86. The van der Waals surface area contributed by atoms with Crippen LogP contribution in [0.25, 0.3) is 0 Å². The first-order chi connectivity index (χ1) is 12.8. The average molecular weight is 368 g/mol. The number of thioether (sulfide) groups is 1. The second-order valence-corrected chi connectivity index (χ2v) is 8.33. The van der Waals surface area contributed by atoms with Gasteiger partial charge < -0.3 is 9.64 Å². The number of hydrogen-bond donors (Lipinski definition) is 0. The maximum Gasteiger partial charge on any atom is 0.236 e. The first-order valence-electron chi connectivity index (χ1n) is 9.45. The highest BCUT2D eigenvalue weighted by Gasteiger charge is 2.35. The fourth-order valence-electron chi connectivity index (χ4n) is 4.05. The lowest BCUT2D eigenvalue weighted by Crippen LogP contribution is -2.40. The van der Waals surface area contributed by atoms with Crippen LogP contribution in [-0.4, -0.2) is 29.7 Å². The Balaban J connectivity index is 1.56. The van der Waals surface area contributed by atoms with E-state index in [1.165, 1.54) is 28.9 Å². The van der Waals surface area contributed by atoms with Crippen molar-refractivity contribution in [1.29, 1.82) is 0 Å². The van der Waals surface area contributed by atoms with Gasteiger partial charge >= 0.3 is 0 Å². The SMILES string of the molecule is COc1ccc([C@@H]2CCCCCN2C(=O)[C@@H]2Cc3ccccc3S2)cc1. The molecule has 4 heteroatoms. The highest BCUT2D eigenvalue weighted by atomic mass is 32.2. The Bertz CT molecular complexity index is 749. The normalized spacial score (nSPS) is 22.6. The van der Waals surface area contributed by atoms with E-state index in [0.717, 1.165) is 31.6 Å². The van der Waals surface area contributed by atoms with E-state index < -0.39 is 0 Å². The number of nitrogens with zero attached hydrogens (tertiary/aromatic N) is 1. The molecule has 0 spiro atoms. The lowest BCUT2D eigenvalue weighted by atomic mass is 10.00. The molecule has 3 nitrogen and oxygen atoms in total. The van der Waals surface area contributed by atoms with Crippen LogP contribution in [0.4, 0.5) is 0 Å². The molecule has 0 N–H and O–H groups in total. The molecule has 4 rings (SSSR count). The third-order valence-corrected chi connectivity index (χ3v) is 6.76. The van der Waals surface area contributed by atoms with Gasteiger partial charge in [-0.15, -0.1) is 11.8 Å². The van der Waals surface area contributed by atoms with E-state index in [4.69, 9.17) is 4.74 Å². The molecule has 2 atom stereocenters. The zero-order valence-corrected chi connectivity index (χ0v) is 16.0. The van der Waals surface area contributed by atoms with Crippen molar-refractivity contribution in [2.75, 3.05) is 13.7 Å². The summed E-state index contributed by atoms with van der Waals surface area (Å²) in [4.78, 5) is 16.8. The number of methoxy groups -OCH3 is 1. The largest absolute Gasteiger partial charge is 0.497 e. The maximum absolute atomic E-state index is 13.4. The molecular weight excluding hydrogens is 342 g/mol. The van der Waals surface area contributed by atoms with E-state index in [2.05, 4.69) is 41.3 Å². The van der Waals surface area contributed by atoms with Crippen LogP contribution in [0.2, 0.25) is 0 Å². The van der Waals surface area contributed by atoms with E-state index in [0.29, 0.717) is 5.91 Å². The third kappa shape index (κ3) is 3.48. The molecule has 0 saturated carbocycles. The standard InChI is InChI=1S/C22H25NO2S/c1-25-18-12-10-16(11-13-18)19-8-3-2-6-14-23(19)22(24)21-15-17-7-4-5-9-20(17)26-21/h4-5,7,9-13,19,21H,2-3,6,8,14-15H2,1H3/t19-,21-/m0/s1. The lowest BCUT2D eigenvalue weighted by Gasteiger charge is -2.32. The summed E-state index contributed by atoms with van der Waals surface area (Å²) in [5.74, 6) is 1.16. The highest BCUT2D eigenvalue weighted by Crippen LogP contribution is 2.40. The molecule has 136 valence electrons. The fraction of sp³-hybridized carbons (Fsp3) is 0.409. The summed E-state index contributed by atoms with van der Waals surface area (Å²) in [6.07, 6.45) is 5.38. The Labute approximate surface area is 159 Å². The first kappa shape index (κ1) is 17.5. The number of fused-ring (bicyclic) bond motifs is 1. The number of rotatable bonds is 3. The number of benzene rings is 2. The molecule has 0 bridgehead atoms. The van der Waals surface area contributed by atoms with Crippen molar-refractivity contribution >= 4 is 17.7 Å². The zero-order chi connectivity index (χ0) is 17.9. The van der Waals surface area contributed by atoms with Crippen LogP contribution in [0.5, 0.6) is 5.75 Å². The quantitative estimate of drug-likeness (QED) is 0.776. The van der Waals surface area contributed by atoms with Gasteiger partial charge in [-0.2, -0.15) is 0 Å². The number of carbonyl (C=O) groups excluding carboxylic acids is 1. The molecular formula is C22H25NO2S. The second-order valence-electron chi connectivity index (χ2n) is 7.09. The minimum Gasteiger partial charge on any atom is -0.497 e. The van der Waals surface area contributed by atoms with Crippen LogP contribution in [0.3, 0.4) is 0 Å². The van der Waals surface area contributed by atoms with Gasteiger partial charge in [-0.3, -0.25) is 4.79 Å². The number of likely N-dealkylation sites (tertiary alicyclic amines) is 1. The molecule has 0 unspecified atom stereocenters. The average Bonchev–Trinajstić information content (AvgIpc) is 2.97. The molecule has 1 fully saturated rings. The Kier molecular flexibility index (Phi) is 5.21. The van der Waals surface area contributed by atoms with Crippen LogP contribution < -0.4 is 4.74 Å². The monoisotopic (exact) mass is 367 g/mol. The van der Waals surface area contributed by atoms with Gasteiger partial charge in [0, 0.05) is 11.4 Å². The smallest absolute Gasteiger partial charge is 0.236 e. The van der Waals surface area contributed by atoms with Crippen LogP contribution in [0.1, 0.15) is 42.9 Å². The minimum atomic E-state index is 0.0197. The molecule has 2 heterocycles. The van der Waals surface area contributed by atoms with Gasteiger partial charge in [0.1, 0.15) is 5.75 Å². The summed E-state index contributed by atoms with van der Waals surface area (Å²) in [6.45, 7) is 0.864. The number of hydrogen-bond acceptors (Lipinski definition) is 3. The predicted molar refractivity (Wildman–Crippen MR) is 106 cm³/mol. The summed E-state index contributed by atoms with van der Waals surface area (Å²) >= 11 is 1.74. The summed E-state index contributed by atoms with van der Waals surface area (Å²) in [5.41, 5.74) is 2.54. The fourth-order valence-corrected chi connectivity index (χ4v) is 5.32. The summed E-state index contributed by atoms with van der Waals surface area (Å²) in [6, 6.07) is 16.8. The van der Waals surface area contributed by atoms with Gasteiger partial charge in [-0.05, 0) is 48.6 Å². The zero-order valence-electron chi connectivity index (χ0n) is 15.2. The van der Waals surface area contributed by atoms with Crippen molar-refractivity contribution in [3.05, 3.63) is 59.7 Å². The second kappa shape index (κ2) is 7.75. The van der Waals surface area contributed by atoms with E-state index >= 15 is 0 Å². The van der Waals surface area contributed by atoms with Gasteiger partial charge in [0.15, 0.2) is 0 Å². The molecule has 2 aromatic rings. The molecule has 0 radical (unpaired) electrons. The van der Waals surface area contributed by atoms with Crippen LogP contribution >= 0.6 is 11.8 Å². The Morgan fingerprint density at radius 1 is 1.08 bits per heavy atom. The topological polar surface area (TPSA) is 29.5 Å². The first-order valence-corrected chi connectivity index (χ1v) is 10.3. The molecule has 2 aliphatic heterocycles. The van der Waals surface area contributed by atoms with E-state index in [1.807, 2.05) is 12.1 Å². The van der Waals surface area contributed by atoms with Crippen LogP contribution in [-0.2, 0) is 11.2 Å². The summed E-state index contributed by atoms with van der Waals surface area (Å²) in [7, 11) is 1.69. The molecule has 0 aliphatic carbocycles. The molecule has 1 amide bonds. The minimum absolute atomic E-state index is 0.0197. The highest BCUT2D eigenvalue weighted by molar-refractivity contribution is 8.01. The maximum atomic E-state index is 13.4. The molecule has 2 aromatic carbocycles. The van der Waals surface area contributed by atoms with Gasteiger partial charge in [0.2, 0.25) is 5.91 Å². The molecule has 0 aromatic heterocycles. The lowest BCUT2D eigenvalue weighted by molar-refractivity contribution is -0.133. The van der Waals surface area contributed by atoms with Gasteiger partial charge in [0.25, 0.3) is 0 Å². The number of carbonyl (C=O) groups is 1. The van der Waals surface area contributed by atoms with Crippen molar-refractivity contribution in [3.8, 4) is 5.75 Å². The van der Waals surface area contributed by atoms with Crippen molar-refractivity contribution in [2.45, 2.75) is 48.3 Å². The van der Waals surface area contributed by atoms with E-state index in [-0.39, 0.29) is 11.3 Å². The van der Waals surface area contributed by atoms with Gasteiger partial charge in [-0.25, -0.2) is 0 Å². The molecule has 1 saturated heterocycles. The Morgan fingerprint density at radius 3 is 2.65 bits per heavy atom. The van der Waals surface area contributed by atoms with Crippen LogP contribution in [0, 0.1) is 0 Å².